The lowest BCUT2D eigenvalue weighted by atomic mass is 9.90. The molecule has 2 aromatic heterocycles. The zero-order valence-electron chi connectivity index (χ0n) is 16.5. The van der Waals surface area contributed by atoms with Gasteiger partial charge in [0.25, 0.3) is 5.91 Å². The van der Waals surface area contributed by atoms with Crippen LogP contribution in [0.2, 0.25) is 0 Å². The van der Waals surface area contributed by atoms with Crippen molar-refractivity contribution in [1.82, 2.24) is 25.1 Å². The SMILES string of the molecule is C[C@@H]1CC[C@@H](c2cc([C@H](O)C(F)(F)F)no2)CN1C(=O)c1ccccc1-n1nccn1. The Kier molecular flexibility index (Phi) is 5.52. The lowest BCUT2D eigenvalue weighted by molar-refractivity contribution is -0.208. The first-order valence-electron chi connectivity index (χ1n) is 9.73. The Hall–Kier alpha value is -3.21. The van der Waals surface area contributed by atoms with Gasteiger partial charge in [-0.3, -0.25) is 4.79 Å². The second kappa shape index (κ2) is 8.14. The molecule has 11 heteroatoms. The lowest BCUT2D eigenvalue weighted by Gasteiger charge is -2.37. The average Bonchev–Trinajstić information content (AvgIpc) is 3.45. The molecule has 3 atom stereocenters. The molecule has 0 spiro atoms. The van der Waals surface area contributed by atoms with E-state index < -0.39 is 18.0 Å². The maximum absolute atomic E-state index is 13.4. The molecule has 3 heterocycles. The number of aliphatic hydroxyl groups is 1. The van der Waals surface area contributed by atoms with Crippen molar-refractivity contribution in [3.05, 3.63) is 59.7 Å². The van der Waals surface area contributed by atoms with Crippen molar-refractivity contribution in [2.75, 3.05) is 6.54 Å². The Morgan fingerprint density at radius 1 is 1.23 bits per heavy atom. The van der Waals surface area contributed by atoms with Crippen LogP contribution >= 0.6 is 0 Å². The zero-order valence-corrected chi connectivity index (χ0v) is 16.5. The van der Waals surface area contributed by atoms with E-state index in [9.17, 15) is 23.1 Å². The predicted molar refractivity (Wildman–Crippen MR) is 101 cm³/mol. The number of carbonyl (C=O) groups is 1. The zero-order chi connectivity index (χ0) is 22.2. The van der Waals surface area contributed by atoms with Gasteiger partial charge >= 0.3 is 6.18 Å². The largest absolute Gasteiger partial charge is 0.420 e. The van der Waals surface area contributed by atoms with E-state index in [1.54, 1.807) is 29.2 Å². The highest BCUT2D eigenvalue weighted by molar-refractivity contribution is 5.98. The van der Waals surface area contributed by atoms with Crippen molar-refractivity contribution in [3.8, 4) is 5.69 Å². The van der Waals surface area contributed by atoms with Gasteiger partial charge in [-0.15, -0.1) is 0 Å². The van der Waals surface area contributed by atoms with Gasteiger partial charge in [-0.1, -0.05) is 17.3 Å². The normalized spacial score (nSPS) is 20.6. The number of para-hydroxylation sites is 1. The highest BCUT2D eigenvalue weighted by Gasteiger charge is 2.42. The Balaban J connectivity index is 1.57. The number of benzene rings is 1. The van der Waals surface area contributed by atoms with E-state index in [2.05, 4.69) is 15.4 Å². The molecule has 1 N–H and O–H groups in total. The summed E-state index contributed by atoms with van der Waals surface area (Å²) < 4.78 is 43.4. The van der Waals surface area contributed by atoms with Crippen molar-refractivity contribution in [2.45, 2.75) is 44.0 Å². The molecule has 1 aromatic carbocycles. The minimum Gasteiger partial charge on any atom is -0.378 e. The number of piperidine rings is 1. The molecule has 0 radical (unpaired) electrons. The molecular weight excluding hydrogens is 415 g/mol. The van der Waals surface area contributed by atoms with Crippen molar-refractivity contribution in [1.29, 1.82) is 0 Å². The molecule has 4 rings (SSSR count). The number of amides is 1. The van der Waals surface area contributed by atoms with E-state index in [0.717, 1.165) is 6.07 Å². The number of carbonyl (C=O) groups excluding carboxylic acids is 1. The first-order chi connectivity index (χ1) is 14.8. The van der Waals surface area contributed by atoms with Crippen LogP contribution in [-0.2, 0) is 0 Å². The first-order valence-corrected chi connectivity index (χ1v) is 9.73. The molecule has 3 aromatic rings. The number of aliphatic hydroxyl groups excluding tert-OH is 1. The number of rotatable bonds is 4. The van der Waals surface area contributed by atoms with Gasteiger partial charge in [-0.05, 0) is 31.9 Å². The molecule has 1 aliphatic rings. The van der Waals surface area contributed by atoms with Gasteiger partial charge in [0.15, 0.2) is 6.10 Å². The van der Waals surface area contributed by atoms with Crippen LogP contribution in [0.15, 0.2) is 47.2 Å². The van der Waals surface area contributed by atoms with Crippen molar-refractivity contribution < 1.29 is 27.6 Å². The van der Waals surface area contributed by atoms with E-state index in [4.69, 9.17) is 4.52 Å². The summed E-state index contributed by atoms with van der Waals surface area (Å²) in [6.07, 6.45) is -3.27. The Labute approximate surface area is 175 Å². The third-order valence-corrected chi connectivity index (χ3v) is 5.45. The van der Waals surface area contributed by atoms with E-state index >= 15 is 0 Å². The van der Waals surface area contributed by atoms with Gasteiger partial charge in [0.05, 0.1) is 23.6 Å². The summed E-state index contributed by atoms with van der Waals surface area (Å²) in [5.74, 6) is -0.359. The van der Waals surface area contributed by atoms with Crippen LogP contribution in [0.5, 0.6) is 0 Å². The van der Waals surface area contributed by atoms with Crippen molar-refractivity contribution in [3.63, 3.8) is 0 Å². The summed E-state index contributed by atoms with van der Waals surface area (Å²) in [6, 6.07) is 7.98. The molecule has 1 aliphatic heterocycles. The van der Waals surface area contributed by atoms with Crippen LogP contribution in [-0.4, -0.2) is 54.8 Å². The summed E-state index contributed by atoms with van der Waals surface area (Å²) in [7, 11) is 0. The first kappa shape index (κ1) is 21.0. The fraction of sp³-hybridized carbons (Fsp3) is 0.400. The maximum atomic E-state index is 13.4. The molecule has 0 saturated carbocycles. The second-order valence-corrected chi connectivity index (χ2v) is 7.51. The average molecular weight is 435 g/mol. The molecule has 0 unspecified atom stereocenters. The summed E-state index contributed by atoms with van der Waals surface area (Å²) in [5, 5.41) is 21.0. The number of aromatic nitrogens is 4. The summed E-state index contributed by atoms with van der Waals surface area (Å²) in [4.78, 5) is 16.4. The quantitative estimate of drug-likeness (QED) is 0.676. The van der Waals surface area contributed by atoms with Crippen LogP contribution in [0.1, 0.15) is 53.6 Å². The monoisotopic (exact) mass is 435 g/mol. The summed E-state index contributed by atoms with van der Waals surface area (Å²) in [5.41, 5.74) is 0.355. The van der Waals surface area contributed by atoms with E-state index in [-0.39, 0.29) is 30.2 Å². The number of alkyl halides is 3. The van der Waals surface area contributed by atoms with Gasteiger partial charge in [0.1, 0.15) is 11.5 Å². The second-order valence-electron chi connectivity index (χ2n) is 7.51. The number of hydrogen-bond donors (Lipinski definition) is 1. The van der Waals surface area contributed by atoms with Gasteiger partial charge in [-0.2, -0.15) is 28.2 Å². The molecular formula is C20H20F3N5O3. The molecule has 1 amide bonds. The maximum Gasteiger partial charge on any atom is 0.420 e. The van der Waals surface area contributed by atoms with Gasteiger partial charge in [0, 0.05) is 24.6 Å². The summed E-state index contributed by atoms with van der Waals surface area (Å²) in [6.45, 7) is 2.17. The van der Waals surface area contributed by atoms with Gasteiger partial charge in [0.2, 0.25) is 0 Å². The predicted octanol–water partition coefficient (Wildman–Crippen LogP) is 3.26. The van der Waals surface area contributed by atoms with E-state index in [1.165, 1.54) is 17.2 Å². The van der Waals surface area contributed by atoms with Crippen molar-refractivity contribution in [2.24, 2.45) is 0 Å². The molecule has 164 valence electrons. The third-order valence-electron chi connectivity index (χ3n) is 5.45. The summed E-state index contributed by atoms with van der Waals surface area (Å²) >= 11 is 0. The highest BCUT2D eigenvalue weighted by Crippen LogP contribution is 2.36. The molecule has 1 fully saturated rings. The Bertz CT molecular complexity index is 1050. The standard InChI is InChI=1S/C20H20F3N5O3/c1-12-6-7-13(17-10-15(26-31-17)18(29)20(21,22)23)11-27(12)19(30)14-4-2-3-5-16(14)28-24-8-9-25-28/h2-5,8-10,12-13,18,29H,6-7,11H2,1H3/t12-,13-,18+/m1/s1. The van der Waals surface area contributed by atoms with E-state index in [0.29, 0.717) is 24.1 Å². The Morgan fingerprint density at radius 3 is 2.65 bits per heavy atom. The van der Waals surface area contributed by atoms with Crippen LogP contribution in [0.4, 0.5) is 13.2 Å². The fourth-order valence-corrected chi connectivity index (χ4v) is 3.74. The molecule has 31 heavy (non-hydrogen) atoms. The number of halogens is 3. The van der Waals surface area contributed by atoms with Gasteiger partial charge < -0.3 is 14.5 Å². The highest BCUT2D eigenvalue weighted by atomic mass is 19.4. The topological polar surface area (TPSA) is 97.3 Å². The number of likely N-dealkylation sites (tertiary alicyclic amines) is 1. The lowest BCUT2D eigenvalue weighted by Crippen LogP contribution is -2.45. The van der Waals surface area contributed by atoms with Crippen LogP contribution in [0, 0.1) is 0 Å². The minimum absolute atomic E-state index is 0.0782. The number of hydrogen-bond acceptors (Lipinski definition) is 6. The van der Waals surface area contributed by atoms with Crippen LogP contribution in [0.3, 0.4) is 0 Å². The van der Waals surface area contributed by atoms with Crippen LogP contribution in [0.25, 0.3) is 5.69 Å². The number of nitrogens with zero attached hydrogens (tertiary/aromatic N) is 5. The van der Waals surface area contributed by atoms with Crippen LogP contribution < -0.4 is 0 Å². The smallest absolute Gasteiger partial charge is 0.378 e. The third kappa shape index (κ3) is 4.18. The molecule has 8 nitrogen and oxygen atoms in total. The fourth-order valence-electron chi connectivity index (χ4n) is 3.74. The Morgan fingerprint density at radius 2 is 1.94 bits per heavy atom. The molecule has 0 aliphatic carbocycles. The molecule has 0 bridgehead atoms. The van der Waals surface area contributed by atoms with E-state index in [1.807, 2.05) is 6.92 Å². The van der Waals surface area contributed by atoms with Crippen molar-refractivity contribution >= 4 is 5.91 Å². The molecule has 1 saturated heterocycles. The van der Waals surface area contributed by atoms with Gasteiger partial charge in [-0.25, -0.2) is 0 Å². The minimum atomic E-state index is -4.83.